The van der Waals surface area contributed by atoms with Gasteiger partial charge in [0.15, 0.2) is 16.1 Å². The van der Waals surface area contributed by atoms with Crippen LogP contribution in [0.1, 0.15) is 30.9 Å². The molecule has 1 N–H and O–H groups in total. The topological polar surface area (TPSA) is 84.6 Å². The average Bonchev–Trinajstić information content (AvgIpc) is 3.60. The Balaban J connectivity index is 1.17. The molecule has 1 aliphatic rings. The Kier molecular flexibility index (Phi) is 9.30. The van der Waals surface area contributed by atoms with Gasteiger partial charge in [0.25, 0.3) is 0 Å². The Morgan fingerprint density at radius 2 is 1.84 bits per heavy atom. The average molecular weight is 643 g/mol. The van der Waals surface area contributed by atoms with Gasteiger partial charge in [0.2, 0.25) is 5.91 Å². The van der Waals surface area contributed by atoms with E-state index in [4.69, 9.17) is 12.2 Å². The number of nitrogens with one attached hydrogen (secondary N) is 1. The molecule has 1 aliphatic heterocycles. The van der Waals surface area contributed by atoms with Crippen LogP contribution in [0.2, 0.25) is 0 Å². The lowest BCUT2D eigenvalue weighted by molar-refractivity contribution is -0.274. The van der Waals surface area contributed by atoms with Crippen LogP contribution < -0.4 is 15.0 Å². The van der Waals surface area contributed by atoms with Gasteiger partial charge in [-0.25, -0.2) is 14.1 Å². The summed E-state index contributed by atoms with van der Waals surface area (Å²) in [5, 5.41) is 8.22. The Morgan fingerprint density at radius 1 is 1.11 bits per heavy atom. The van der Waals surface area contributed by atoms with E-state index in [-0.39, 0.29) is 34.3 Å². The van der Waals surface area contributed by atoms with Crippen molar-refractivity contribution in [2.24, 2.45) is 4.99 Å². The van der Waals surface area contributed by atoms with Gasteiger partial charge in [-0.2, -0.15) is 4.99 Å². The molecular formula is C30H26F4N6O2S2. The predicted octanol–water partition coefficient (Wildman–Crippen LogP) is 6.65. The fraction of sp³-hybridized carbons (Fsp3) is 0.233. The van der Waals surface area contributed by atoms with Crippen LogP contribution in [0.15, 0.2) is 78.0 Å². The molecule has 2 heterocycles. The van der Waals surface area contributed by atoms with E-state index in [1.54, 1.807) is 6.07 Å². The summed E-state index contributed by atoms with van der Waals surface area (Å²) in [5.41, 5.74) is 3.64. The van der Waals surface area contributed by atoms with Gasteiger partial charge < -0.3 is 10.1 Å². The zero-order chi connectivity index (χ0) is 31.4. The van der Waals surface area contributed by atoms with E-state index in [0.29, 0.717) is 40.9 Å². The highest BCUT2D eigenvalue weighted by molar-refractivity contribution is 8.15. The first-order chi connectivity index (χ1) is 21.0. The number of ether oxygens (including phenoxy) is 1. The zero-order valence-corrected chi connectivity index (χ0v) is 25.1. The molecule has 1 amide bonds. The van der Waals surface area contributed by atoms with E-state index < -0.39 is 6.36 Å². The van der Waals surface area contributed by atoms with E-state index in [0.717, 1.165) is 11.1 Å². The molecule has 44 heavy (non-hydrogen) atoms. The standard InChI is InChI=1S/C30H26F4N6O2S2/c1-18(2)24-15-21(31)7-12-25(24)40-26(41)16-44-29(40)37-28(43)35-14-13-19-3-5-20(6-4-19)27-36-17-39(38-27)22-8-10-23(11-9-22)42-30(32,33)34/h3-12,15,17-18H,13-14,16H2,1-2H3,(H,35,43). The number of benzene rings is 3. The summed E-state index contributed by atoms with van der Waals surface area (Å²) in [5.74, 6) is -0.141. The lowest BCUT2D eigenvalue weighted by Crippen LogP contribution is -2.32. The van der Waals surface area contributed by atoms with E-state index in [1.165, 1.54) is 64.1 Å². The van der Waals surface area contributed by atoms with E-state index in [9.17, 15) is 22.4 Å². The number of hydrogen-bond donors (Lipinski definition) is 1. The summed E-state index contributed by atoms with van der Waals surface area (Å²) in [6, 6.07) is 17.3. The Bertz CT molecular complexity index is 1690. The third-order valence-electron chi connectivity index (χ3n) is 6.54. The number of anilines is 1. The Labute approximate surface area is 260 Å². The fourth-order valence-corrected chi connectivity index (χ4v) is 5.57. The number of hydrogen-bond acceptors (Lipinski definition) is 6. The molecule has 0 aliphatic carbocycles. The van der Waals surface area contributed by atoms with Crippen LogP contribution >= 0.6 is 24.0 Å². The Morgan fingerprint density at radius 3 is 2.52 bits per heavy atom. The molecule has 1 aromatic heterocycles. The number of amidine groups is 1. The van der Waals surface area contributed by atoms with Crippen LogP contribution in [0, 0.1) is 5.82 Å². The maximum atomic E-state index is 13.9. The lowest BCUT2D eigenvalue weighted by atomic mass is 10.0. The van der Waals surface area contributed by atoms with Crippen molar-refractivity contribution in [1.29, 1.82) is 0 Å². The number of nitrogens with zero attached hydrogens (tertiary/aromatic N) is 5. The minimum Gasteiger partial charge on any atom is -0.406 e. The number of alkyl halides is 3. The second-order valence-corrected chi connectivity index (χ2v) is 11.3. The molecule has 8 nitrogen and oxygen atoms in total. The predicted molar refractivity (Wildman–Crippen MR) is 166 cm³/mol. The molecule has 228 valence electrons. The molecule has 3 aromatic carbocycles. The Hall–Kier alpha value is -4.30. The second kappa shape index (κ2) is 13.1. The highest BCUT2D eigenvalue weighted by Gasteiger charge is 2.32. The van der Waals surface area contributed by atoms with Gasteiger partial charge in [0.05, 0.1) is 17.1 Å². The van der Waals surface area contributed by atoms with Gasteiger partial charge in [0.1, 0.15) is 17.9 Å². The number of aromatic nitrogens is 3. The molecule has 5 rings (SSSR count). The highest BCUT2D eigenvalue weighted by Crippen LogP contribution is 2.34. The molecule has 0 saturated carbocycles. The van der Waals surface area contributed by atoms with Crippen molar-refractivity contribution in [1.82, 2.24) is 20.1 Å². The summed E-state index contributed by atoms with van der Waals surface area (Å²) in [4.78, 5) is 23.0. The quantitative estimate of drug-likeness (QED) is 0.170. The minimum atomic E-state index is -4.76. The molecule has 0 spiro atoms. The first-order valence-corrected chi connectivity index (χ1v) is 14.8. The van der Waals surface area contributed by atoms with Crippen molar-refractivity contribution >= 4 is 45.9 Å². The summed E-state index contributed by atoms with van der Waals surface area (Å²) in [6.07, 6.45) is -2.64. The summed E-state index contributed by atoms with van der Waals surface area (Å²) < 4.78 is 56.4. The van der Waals surface area contributed by atoms with Crippen molar-refractivity contribution < 1.29 is 27.1 Å². The maximum absolute atomic E-state index is 13.9. The van der Waals surface area contributed by atoms with Crippen LogP contribution in [0.25, 0.3) is 17.1 Å². The molecular weight excluding hydrogens is 616 g/mol. The number of thiocarbonyl (C=S) groups is 1. The number of aliphatic imine (C=N–C) groups is 1. The van der Waals surface area contributed by atoms with Crippen LogP contribution in [-0.4, -0.2) is 49.6 Å². The van der Waals surface area contributed by atoms with Crippen molar-refractivity contribution in [2.75, 3.05) is 17.2 Å². The zero-order valence-electron chi connectivity index (χ0n) is 23.5. The van der Waals surface area contributed by atoms with Crippen LogP contribution in [-0.2, 0) is 11.2 Å². The van der Waals surface area contributed by atoms with Gasteiger partial charge in [-0.1, -0.05) is 49.9 Å². The third-order valence-corrected chi connectivity index (χ3v) is 7.70. The molecule has 1 fully saturated rings. The number of halogens is 4. The molecule has 4 aromatic rings. The van der Waals surface area contributed by atoms with Gasteiger partial charge in [-0.05, 0) is 78.1 Å². The van der Waals surface area contributed by atoms with Gasteiger partial charge in [-0.15, -0.1) is 18.3 Å². The summed E-state index contributed by atoms with van der Waals surface area (Å²) in [6.45, 7) is 4.38. The van der Waals surface area contributed by atoms with Crippen molar-refractivity contribution in [3.05, 3.63) is 90.0 Å². The number of carbonyl (C=O) groups excluding carboxylic acids is 1. The lowest BCUT2D eigenvalue weighted by Gasteiger charge is -2.21. The van der Waals surface area contributed by atoms with Gasteiger partial charge >= 0.3 is 6.36 Å². The number of amides is 1. The van der Waals surface area contributed by atoms with Crippen molar-refractivity contribution in [2.45, 2.75) is 32.5 Å². The monoisotopic (exact) mass is 642 g/mol. The van der Waals surface area contributed by atoms with Crippen LogP contribution in [0.4, 0.5) is 23.2 Å². The minimum absolute atomic E-state index is 0.00538. The maximum Gasteiger partial charge on any atom is 0.573 e. The van der Waals surface area contributed by atoms with Crippen molar-refractivity contribution in [3.63, 3.8) is 0 Å². The molecule has 0 unspecified atom stereocenters. The number of thioether (sulfide) groups is 1. The van der Waals surface area contributed by atoms with E-state index in [2.05, 4.69) is 25.1 Å². The van der Waals surface area contributed by atoms with Crippen molar-refractivity contribution in [3.8, 4) is 22.8 Å². The largest absolute Gasteiger partial charge is 0.573 e. The molecule has 0 bridgehead atoms. The molecule has 14 heteroatoms. The smallest absolute Gasteiger partial charge is 0.406 e. The molecule has 0 radical (unpaired) electrons. The number of rotatable bonds is 8. The SMILES string of the molecule is CC(C)c1cc(F)ccc1N1C(=O)CSC1=NC(=S)NCCc1ccc(-c2ncn(-c3ccc(OC(F)(F)F)cc3)n2)cc1. The summed E-state index contributed by atoms with van der Waals surface area (Å²) in [7, 11) is 0. The highest BCUT2D eigenvalue weighted by atomic mass is 32.2. The van der Waals surface area contributed by atoms with Gasteiger partial charge in [-0.3, -0.25) is 9.69 Å². The first kappa shape index (κ1) is 31.1. The molecule has 1 saturated heterocycles. The first-order valence-electron chi connectivity index (χ1n) is 13.5. The fourth-order valence-electron chi connectivity index (χ4n) is 4.45. The summed E-state index contributed by atoms with van der Waals surface area (Å²) >= 11 is 6.71. The van der Waals surface area contributed by atoms with Gasteiger partial charge in [0, 0.05) is 12.1 Å². The van der Waals surface area contributed by atoms with E-state index >= 15 is 0 Å². The van der Waals surface area contributed by atoms with Crippen LogP contribution in [0.5, 0.6) is 5.75 Å². The molecule has 0 atom stereocenters. The normalized spacial score (nSPS) is 14.5. The second-order valence-electron chi connectivity index (χ2n) is 10.0. The van der Waals surface area contributed by atoms with Crippen LogP contribution in [0.3, 0.4) is 0 Å². The number of carbonyl (C=O) groups is 1. The third kappa shape index (κ3) is 7.61. The van der Waals surface area contributed by atoms with E-state index in [1.807, 2.05) is 38.1 Å².